The first-order valence-electron chi connectivity index (χ1n) is 6.77. The van der Waals surface area contributed by atoms with Crippen LogP contribution in [-0.2, 0) is 11.3 Å². The van der Waals surface area contributed by atoms with E-state index in [-0.39, 0.29) is 0 Å². The van der Waals surface area contributed by atoms with Gasteiger partial charge in [0.15, 0.2) is 0 Å². The minimum atomic E-state index is 0.341. The van der Waals surface area contributed by atoms with Crippen molar-refractivity contribution in [3.05, 3.63) is 24.2 Å². The standard InChI is InChI=1S/C14H24N2O2/c1-11(7-15-8-14-5-4-6-17-14)16-9-13(3)18-10-12(16)2/h4-6,11-13,15H,7-10H2,1-3H3. The SMILES string of the molecule is CC1CN(C(C)CNCc2ccco2)C(C)CO1. The Balaban J connectivity index is 1.74. The second kappa shape index (κ2) is 6.36. The highest BCUT2D eigenvalue weighted by molar-refractivity contribution is 4.97. The molecule has 0 aliphatic carbocycles. The van der Waals surface area contributed by atoms with Gasteiger partial charge in [0.2, 0.25) is 0 Å². The highest BCUT2D eigenvalue weighted by Gasteiger charge is 2.26. The summed E-state index contributed by atoms with van der Waals surface area (Å²) < 4.78 is 11.0. The number of hydrogen-bond acceptors (Lipinski definition) is 4. The van der Waals surface area contributed by atoms with E-state index in [0.717, 1.165) is 32.0 Å². The number of furan rings is 1. The summed E-state index contributed by atoms with van der Waals surface area (Å²) in [5.74, 6) is 0.991. The van der Waals surface area contributed by atoms with Gasteiger partial charge in [0.05, 0.1) is 25.5 Å². The molecule has 1 aromatic heterocycles. The van der Waals surface area contributed by atoms with Crippen LogP contribution >= 0.6 is 0 Å². The van der Waals surface area contributed by atoms with Gasteiger partial charge in [-0.3, -0.25) is 4.90 Å². The van der Waals surface area contributed by atoms with Crippen LogP contribution in [0.25, 0.3) is 0 Å². The molecule has 1 fully saturated rings. The lowest BCUT2D eigenvalue weighted by Gasteiger charge is -2.40. The molecule has 1 aliphatic rings. The van der Waals surface area contributed by atoms with Crippen LogP contribution in [0.4, 0.5) is 0 Å². The molecule has 0 bridgehead atoms. The smallest absolute Gasteiger partial charge is 0.117 e. The van der Waals surface area contributed by atoms with Crippen molar-refractivity contribution in [1.29, 1.82) is 0 Å². The largest absolute Gasteiger partial charge is 0.468 e. The van der Waals surface area contributed by atoms with Crippen LogP contribution in [0.15, 0.2) is 22.8 Å². The number of nitrogens with one attached hydrogen (secondary N) is 1. The summed E-state index contributed by atoms with van der Waals surface area (Å²) in [6.45, 7) is 10.3. The van der Waals surface area contributed by atoms with Gasteiger partial charge in [-0.1, -0.05) is 0 Å². The molecule has 1 aromatic rings. The summed E-state index contributed by atoms with van der Waals surface area (Å²) in [5, 5.41) is 3.44. The summed E-state index contributed by atoms with van der Waals surface area (Å²) >= 11 is 0. The van der Waals surface area contributed by atoms with Crippen molar-refractivity contribution in [1.82, 2.24) is 10.2 Å². The third-order valence-corrected chi connectivity index (χ3v) is 3.54. The lowest BCUT2D eigenvalue weighted by molar-refractivity contribution is -0.0630. The number of rotatable bonds is 5. The van der Waals surface area contributed by atoms with Crippen molar-refractivity contribution in [2.24, 2.45) is 0 Å². The maximum Gasteiger partial charge on any atom is 0.117 e. The molecule has 2 heterocycles. The van der Waals surface area contributed by atoms with Crippen molar-refractivity contribution in [3.8, 4) is 0 Å². The van der Waals surface area contributed by atoms with Gasteiger partial charge in [-0.2, -0.15) is 0 Å². The average Bonchev–Trinajstić information content (AvgIpc) is 2.85. The molecule has 18 heavy (non-hydrogen) atoms. The van der Waals surface area contributed by atoms with Gasteiger partial charge in [-0.25, -0.2) is 0 Å². The fourth-order valence-electron chi connectivity index (χ4n) is 2.48. The Morgan fingerprint density at radius 1 is 1.50 bits per heavy atom. The molecule has 3 atom stereocenters. The monoisotopic (exact) mass is 252 g/mol. The summed E-state index contributed by atoms with van der Waals surface area (Å²) in [7, 11) is 0. The third-order valence-electron chi connectivity index (χ3n) is 3.54. The molecular weight excluding hydrogens is 228 g/mol. The Kier molecular flexibility index (Phi) is 4.80. The number of hydrogen-bond donors (Lipinski definition) is 1. The van der Waals surface area contributed by atoms with E-state index in [1.54, 1.807) is 6.26 Å². The first-order valence-corrected chi connectivity index (χ1v) is 6.77. The second-order valence-electron chi connectivity index (χ2n) is 5.25. The lowest BCUT2D eigenvalue weighted by Crippen LogP contribution is -2.53. The van der Waals surface area contributed by atoms with Gasteiger partial charge in [0.25, 0.3) is 0 Å². The zero-order valence-corrected chi connectivity index (χ0v) is 11.6. The van der Waals surface area contributed by atoms with Gasteiger partial charge >= 0.3 is 0 Å². The molecule has 0 radical (unpaired) electrons. The van der Waals surface area contributed by atoms with Crippen LogP contribution in [-0.4, -0.2) is 42.8 Å². The number of ether oxygens (including phenoxy) is 1. The van der Waals surface area contributed by atoms with Gasteiger partial charge in [0, 0.05) is 25.2 Å². The van der Waals surface area contributed by atoms with Gasteiger partial charge < -0.3 is 14.5 Å². The maximum absolute atomic E-state index is 5.66. The Bertz CT molecular complexity index is 340. The van der Waals surface area contributed by atoms with Crippen molar-refractivity contribution in [3.63, 3.8) is 0 Å². The van der Waals surface area contributed by atoms with Crippen LogP contribution < -0.4 is 5.32 Å². The molecule has 3 unspecified atom stereocenters. The van der Waals surface area contributed by atoms with Crippen molar-refractivity contribution >= 4 is 0 Å². The minimum Gasteiger partial charge on any atom is -0.468 e. The fraction of sp³-hybridized carbons (Fsp3) is 0.714. The molecule has 1 N–H and O–H groups in total. The van der Waals surface area contributed by atoms with E-state index in [2.05, 4.69) is 31.0 Å². The van der Waals surface area contributed by atoms with E-state index in [9.17, 15) is 0 Å². The molecule has 0 amide bonds. The maximum atomic E-state index is 5.66. The Labute approximate surface area is 109 Å². The van der Waals surface area contributed by atoms with E-state index in [0.29, 0.717) is 18.2 Å². The average molecular weight is 252 g/mol. The van der Waals surface area contributed by atoms with Gasteiger partial charge in [-0.05, 0) is 32.9 Å². The molecule has 0 saturated carbocycles. The molecule has 0 aromatic carbocycles. The zero-order chi connectivity index (χ0) is 13.0. The molecule has 2 rings (SSSR count). The van der Waals surface area contributed by atoms with Crippen LogP contribution in [0.5, 0.6) is 0 Å². The molecular formula is C14H24N2O2. The van der Waals surface area contributed by atoms with E-state index >= 15 is 0 Å². The first kappa shape index (κ1) is 13.6. The summed E-state index contributed by atoms with van der Waals surface area (Å²) in [6.07, 6.45) is 2.06. The zero-order valence-electron chi connectivity index (χ0n) is 11.6. The summed E-state index contributed by atoms with van der Waals surface area (Å²) in [5.41, 5.74) is 0. The Hall–Kier alpha value is -0.840. The van der Waals surface area contributed by atoms with Crippen LogP contribution in [0.3, 0.4) is 0 Å². The topological polar surface area (TPSA) is 37.6 Å². The molecule has 4 heteroatoms. The normalized spacial score (nSPS) is 27.3. The number of nitrogens with zero attached hydrogens (tertiary/aromatic N) is 1. The molecule has 1 aliphatic heterocycles. The minimum absolute atomic E-state index is 0.341. The van der Waals surface area contributed by atoms with E-state index < -0.39 is 0 Å². The quantitative estimate of drug-likeness (QED) is 0.868. The predicted octanol–water partition coefficient (Wildman–Crippen LogP) is 1.87. The van der Waals surface area contributed by atoms with Crippen LogP contribution in [0, 0.1) is 0 Å². The Morgan fingerprint density at radius 3 is 3.06 bits per heavy atom. The van der Waals surface area contributed by atoms with E-state index in [4.69, 9.17) is 9.15 Å². The van der Waals surface area contributed by atoms with Gasteiger partial charge in [0.1, 0.15) is 5.76 Å². The van der Waals surface area contributed by atoms with Crippen molar-refractivity contribution in [2.45, 2.75) is 45.5 Å². The van der Waals surface area contributed by atoms with Crippen molar-refractivity contribution < 1.29 is 9.15 Å². The van der Waals surface area contributed by atoms with Crippen LogP contribution in [0.1, 0.15) is 26.5 Å². The van der Waals surface area contributed by atoms with E-state index in [1.807, 2.05) is 12.1 Å². The fourth-order valence-corrected chi connectivity index (χ4v) is 2.48. The van der Waals surface area contributed by atoms with Gasteiger partial charge in [-0.15, -0.1) is 0 Å². The first-order chi connectivity index (χ1) is 8.66. The van der Waals surface area contributed by atoms with Crippen LogP contribution in [0.2, 0.25) is 0 Å². The predicted molar refractivity (Wildman–Crippen MR) is 71.5 cm³/mol. The van der Waals surface area contributed by atoms with E-state index in [1.165, 1.54) is 0 Å². The molecule has 0 spiro atoms. The third kappa shape index (κ3) is 3.57. The van der Waals surface area contributed by atoms with Crippen molar-refractivity contribution in [2.75, 3.05) is 19.7 Å². The molecule has 102 valence electrons. The Morgan fingerprint density at radius 2 is 2.33 bits per heavy atom. The number of morpholine rings is 1. The summed E-state index contributed by atoms with van der Waals surface area (Å²) in [6, 6.07) is 4.94. The molecule has 1 saturated heterocycles. The summed E-state index contributed by atoms with van der Waals surface area (Å²) in [4.78, 5) is 2.52. The second-order valence-corrected chi connectivity index (χ2v) is 5.25. The molecule has 4 nitrogen and oxygen atoms in total. The highest BCUT2D eigenvalue weighted by Crippen LogP contribution is 2.14. The highest BCUT2D eigenvalue weighted by atomic mass is 16.5. The lowest BCUT2D eigenvalue weighted by atomic mass is 10.1.